The van der Waals surface area contributed by atoms with E-state index in [0.29, 0.717) is 10.2 Å². The van der Waals surface area contributed by atoms with Crippen molar-refractivity contribution in [3.63, 3.8) is 0 Å². The Balaban J connectivity index is 1.87. The van der Waals surface area contributed by atoms with E-state index in [-0.39, 0.29) is 23.1 Å². The second-order valence-electron chi connectivity index (χ2n) is 10.6. The molecule has 5 nitrogen and oxygen atoms in total. The van der Waals surface area contributed by atoms with Crippen LogP contribution in [0.2, 0.25) is 0 Å². The minimum absolute atomic E-state index is 0.208. The number of rotatable bonds is 15. The average Bonchev–Trinajstić information content (AvgIpc) is 3.24. The third kappa shape index (κ3) is 13.3. The first-order chi connectivity index (χ1) is 19.2. The van der Waals surface area contributed by atoms with E-state index in [1.54, 1.807) is 0 Å². The number of thiazole rings is 1. The second-order valence-corrected chi connectivity index (χ2v) is 11.7. The predicted molar refractivity (Wildman–Crippen MR) is 162 cm³/mol. The quantitative estimate of drug-likeness (QED) is 0.166. The number of anilines is 1. The van der Waals surface area contributed by atoms with Crippen LogP contribution in [0.15, 0.2) is 64.8 Å². The third-order valence-electron chi connectivity index (χ3n) is 6.49. The molecule has 0 aliphatic rings. The Bertz CT molecular complexity index is 1320. The summed E-state index contributed by atoms with van der Waals surface area (Å²) >= 11 is 1.01. The number of carbonyl (C=O) groups is 2. The molecule has 1 amide bonds. The van der Waals surface area contributed by atoms with Gasteiger partial charge in [0.2, 0.25) is 5.91 Å². The maximum atomic E-state index is 12.9. The number of amides is 1. The lowest BCUT2D eigenvalue weighted by molar-refractivity contribution is -0.274. The van der Waals surface area contributed by atoms with Crippen LogP contribution in [0.5, 0.6) is 5.75 Å². The van der Waals surface area contributed by atoms with Crippen LogP contribution in [0.4, 0.5) is 18.3 Å². The molecule has 1 aromatic heterocycles. The van der Waals surface area contributed by atoms with Gasteiger partial charge in [0.25, 0.3) is 0 Å². The molecule has 2 aromatic rings. The number of hydrogen-bond donors (Lipinski definition) is 1. The molecule has 1 N–H and O–H groups in total. The Morgan fingerprint density at radius 1 is 0.902 bits per heavy atom. The van der Waals surface area contributed by atoms with Gasteiger partial charge in [-0.1, -0.05) is 57.9 Å². The number of benzene rings is 1. The Morgan fingerprint density at radius 2 is 1.46 bits per heavy atom. The van der Waals surface area contributed by atoms with Gasteiger partial charge in [-0.15, -0.1) is 13.2 Å². The molecule has 224 valence electrons. The summed E-state index contributed by atoms with van der Waals surface area (Å²) in [5.41, 5.74) is 5.64. The molecule has 0 spiro atoms. The monoisotopic (exact) mass is 590 g/mol. The number of ether oxygens (including phenoxy) is 1. The molecule has 0 saturated heterocycles. The number of alkyl halides is 3. The fourth-order valence-corrected chi connectivity index (χ4v) is 5.01. The topological polar surface area (TPSA) is 68.3 Å². The van der Waals surface area contributed by atoms with E-state index in [9.17, 15) is 22.8 Å². The molecule has 0 saturated carbocycles. The number of nitrogens with one attached hydrogen (secondary N) is 1. The number of carbonyl (C=O) groups excluding carboxylic acids is 2. The van der Waals surface area contributed by atoms with Crippen molar-refractivity contribution in [2.75, 3.05) is 5.32 Å². The SMILES string of the molecule is CC(=O)C(C/C=C(\C)CC/C=C(\C)CC/C=C(\C)CCC=C(C)C)C(=O)Nc1nc2ccc(OC(F)(F)F)cc2s1. The first-order valence-electron chi connectivity index (χ1n) is 13.8. The zero-order valence-corrected chi connectivity index (χ0v) is 25.6. The summed E-state index contributed by atoms with van der Waals surface area (Å²) in [7, 11) is 0. The Morgan fingerprint density at radius 3 is 2.00 bits per heavy atom. The van der Waals surface area contributed by atoms with Crippen molar-refractivity contribution in [3.8, 4) is 5.75 Å². The van der Waals surface area contributed by atoms with Crippen LogP contribution in [0.25, 0.3) is 10.2 Å². The molecular weight excluding hydrogens is 549 g/mol. The maximum absolute atomic E-state index is 12.9. The van der Waals surface area contributed by atoms with Gasteiger partial charge in [-0.25, -0.2) is 4.98 Å². The summed E-state index contributed by atoms with van der Waals surface area (Å²) < 4.78 is 41.9. The lowest BCUT2D eigenvalue weighted by atomic mass is 9.97. The summed E-state index contributed by atoms with van der Waals surface area (Å²) in [6.45, 7) is 11.9. The molecule has 1 heterocycles. The van der Waals surface area contributed by atoms with Crippen LogP contribution < -0.4 is 10.1 Å². The summed E-state index contributed by atoms with van der Waals surface area (Å²) in [5, 5.41) is 2.85. The summed E-state index contributed by atoms with van der Waals surface area (Å²) in [5.74, 6) is -2.01. The number of allylic oxidation sites excluding steroid dienone is 8. The van der Waals surface area contributed by atoms with Gasteiger partial charge in [0, 0.05) is 6.07 Å². The average molecular weight is 591 g/mol. The fraction of sp³-hybridized carbons (Fsp3) is 0.469. The van der Waals surface area contributed by atoms with Crippen LogP contribution >= 0.6 is 11.3 Å². The van der Waals surface area contributed by atoms with Crippen LogP contribution in [0.1, 0.15) is 86.5 Å². The highest BCUT2D eigenvalue weighted by Gasteiger charge is 2.31. The van der Waals surface area contributed by atoms with Gasteiger partial charge in [0.15, 0.2) is 5.13 Å². The maximum Gasteiger partial charge on any atom is 0.573 e. The van der Waals surface area contributed by atoms with E-state index >= 15 is 0 Å². The van der Waals surface area contributed by atoms with Gasteiger partial charge >= 0.3 is 6.36 Å². The highest BCUT2D eigenvalue weighted by atomic mass is 32.1. The zero-order valence-electron chi connectivity index (χ0n) is 24.8. The van der Waals surface area contributed by atoms with Gasteiger partial charge in [-0.3, -0.25) is 9.59 Å². The number of ketones is 1. The zero-order chi connectivity index (χ0) is 30.6. The lowest BCUT2D eigenvalue weighted by Crippen LogP contribution is -2.27. The number of Topliss-reactive ketones (excluding diaryl/α,β-unsaturated/α-hetero) is 1. The van der Waals surface area contributed by atoms with Crippen molar-refractivity contribution >= 4 is 38.4 Å². The van der Waals surface area contributed by atoms with Crippen LogP contribution in [0.3, 0.4) is 0 Å². The molecule has 0 aliphatic carbocycles. The van der Waals surface area contributed by atoms with E-state index in [1.807, 2.05) is 13.0 Å². The van der Waals surface area contributed by atoms with E-state index < -0.39 is 18.2 Å². The van der Waals surface area contributed by atoms with Crippen molar-refractivity contribution in [2.45, 2.75) is 92.9 Å². The van der Waals surface area contributed by atoms with Gasteiger partial charge in [0.1, 0.15) is 17.5 Å². The van der Waals surface area contributed by atoms with Crippen LogP contribution in [-0.2, 0) is 9.59 Å². The van der Waals surface area contributed by atoms with Crippen LogP contribution in [-0.4, -0.2) is 23.0 Å². The highest BCUT2D eigenvalue weighted by Crippen LogP contribution is 2.32. The van der Waals surface area contributed by atoms with E-state index in [2.05, 4.69) is 61.0 Å². The minimum Gasteiger partial charge on any atom is -0.406 e. The molecule has 0 aliphatic heterocycles. The standard InChI is InChI=1S/C32H41F3N2O3S/c1-21(2)10-7-11-22(3)12-8-13-23(4)14-9-15-24(5)16-18-27(25(6)38)30(39)37-31-36-28-19-17-26(20-29(28)41-31)40-32(33,34)35/h10,12,14,16-17,19-20,27H,7-9,11,13,15,18H2,1-6H3,(H,36,37,39)/b22-12+,23-14+,24-16+. The summed E-state index contributed by atoms with van der Waals surface area (Å²) in [6.07, 6.45) is 10.2. The molecule has 2 rings (SSSR count). The fourth-order valence-electron chi connectivity index (χ4n) is 4.11. The van der Waals surface area contributed by atoms with Crippen molar-refractivity contribution in [1.82, 2.24) is 4.98 Å². The van der Waals surface area contributed by atoms with Crippen LogP contribution in [0, 0.1) is 5.92 Å². The van der Waals surface area contributed by atoms with Gasteiger partial charge in [0.05, 0.1) is 10.2 Å². The number of aromatic nitrogens is 1. The van der Waals surface area contributed by atoms with E-state index in [1.165, 1.54) is 35.8 Å². The van der Waals surface area contributed by atoms with Gasteiger partial charge in [-0.2, -0.15) is 0 Å². The highest BCUT2D eigenvalue weighted by molar-refractivity contribution is 7.22. The molecule has 0 radical (unpaired) electrons. The molecule has 0 bridgehead atoms. The Hall–Kier alpha value is -3.20. The smallest absolute Gasteiger partial charge is 0.406 e. The number of fused-ring (bicyclic) bond motifs is 1. The molecule has 1 atom stereocenters. The van der Waals surface area contributed by atoms with Gasteiger partial charge in [-0.05, 0) is 98.6 Å². The molecule has 41 heavy (non-hydrogen) atoms. The number of halogens is 3. The summed E-state index contributed by atoms with van der Waals surface area (Å²) in [4.78, 5) is 29.3. The van der Waals surface area contributed by atoms with Gasteiger partial charge < -0.3 is 10.1 Å². The second kappa shape index (κ2) is 16.3. The van der Waals surface area contributed by atoms with E-state index in [4.69, 9.17) is 0 Å². The van der Waals surface area contributed by atoms with Crippen molar-refractivity contribution in [1.29, 1.82) is 0 Å². The molecule has 0 fully saturated rings. The Kier molecular flexibility index (Phi) is 13.5. The first kappa shape index (κ1) is 34.0. The summed E-state index contributed by atoms with van der Waals surface area (Å²) in [6, 6.07) is 3.76. The third-order valence-corrected chi connectivity index (χ3v) is 7.42. The number of nitrogens with zero attached hydrogens (tertiary/aromatic N) is 1. The minimum atomic E-state index is -4.80. The largest absolute Gasteiger partial charge is 0.573 e. The van der Waals surface area contributed by atoms with Crippen molar-refractivity contribution in [3.05, 3.63) is 64.8 Å². The van der Waals surface area contributed by atoms with Crippen molar-refractivity contribution < 1.29 is 27.5 Å². The number of hydrogen-bond acceptors (Lipinski definition) is 5. The molecular formula is C32H41F3N2O3S. The molecule has 1 aromatic carbocycles. The molecule has 9 heteroatoms. The first-order valence-corrected chi connectivity index (χ1v) is 14.6. The van der Waals surface area contributed by atoms with Crippen molar-refractivity contribution in [2.24, 2.45) is 5.92 Å². The Labute approximate surface area is 245 Å². The molecule has 1 unspecified atom stereocenters. The normalized spacial score (nSPS) is 13.7. The lowest BCUT2D eigenvalue weighted by Gasteiger charge is -2.11. The predicted octanol–water partition coefficient (Wildman–Crippen LogP) is 9.87. The van der Waals surface area contributed by atoms with E-state index in [0.717, 1.165) is 61.5 Å².